The fraction of sp³-hybridized carbons (Fsp3) is 0.455. The van der Waals surface area contributed by atoms with Crippen LogP contribution in [0.5, 0.6) is 0 Å². The van der Waals surface area contributed by atoms with Crippen molar-refractivity contribution in [2.75, 3.05) is 0 Å². The summed E-state index contributed by atoms with van der Waals surface area (Å²) < 4.78 is 1.02. The van der Waals surface area contributed by atoms with E-state index in [1.807, 2.05) is 19.1 Å². The average molecular weight is 296 g/mol. The molecule has 0 saturated heterocycles. The summed E-state index contributed by atoms with van der Waals surface area (Å²) >= 11 is 15.3. The molecule has 1 unspecified atom stereocenters. The number of aryl methyl sites for hydroxylation is 1. The van der Waals surface area contributed by atoms with Gasteiger partial charge in [0.05, 0.1) is 0 Å². The molecule has 0 saturated carbocycles. The molecule has 1 atom stereocenters. The zero-order chi connectivity index (χ0) is 10.6. The molecule has 0 aliphatic rings. The van der Waals surface area contributed by atoms with E-state index in [0.29, 0.717) is 0 Å². The summed E-state index contributed by atoms with van der Waals surface area (Å²) in [4.78, 5) is 0. The van der Waals surface area contributed by atoms with Gasteiger partial charge in [-0.3, -0.25) is 0 Å². The van der Waals surface area contributed by atoms with Crippen LogP contribution in [0.15, 0.2) is 22.7 Å². The molecule has 0 N–H and O–H groups in total. The molecule has 14 heavy (non-hydrogen) atoms. The van der Waals surface area contributed by atoms with E-state index in [9.17, 15) is 0 Å². The van der Waals surface area contributed by atoms with Crippen molar-refractivity contribution < 1.29 is 0 Å². The van der Waals surface area contributed by atoms with Crippen LogP contribution < -0.4 is 0 Å². The van der Waals surface area contributed by atoms with Crippen molar-refractivity contribution in [1.29, 1.82) is 0 Å². The van der Waals surface area contributed by atoms with Gasteiger partial charge in [-0.25, -0.2) is 0 Å². The molecular weight excluding hydrogens is 283 g/mol. The van der Waals surface area contributed by atoms with Crippen LogP contribution >= 0.6 is 39.1 Å². The number of alkyl halides is 1. The molecule has 0 spiro atoms. The Bertz CT molecular complexity index is 297. The predicted molar refractivity (Wildman–Crippen MR) is 67.4 cm³/mol. The predicted octanol–water partition coefficient (Wildman–Crippen LogP) is 5.05. The van der Waals surface area contributed by atoms with Gasteiger partial charge in [0.15, 0.2) is 0 Å². The van der Waals surface area contributed by atoms with Gasteiger partial charge in [0.25, 0.3) is 0 Å². The molecular formula is C11H13BrCl2. The normalized spacial score (nSPS) is 12.9. The number of rotatable bonds is 4. The van der Waals surface area contributed by atoms with Crippen molar-refractivity contribution in [2.45, 2.75) is 31.6 Å². The zero-order valence-electron chi connectivity index (χ0n) is 8.06. The Labute approximate surface area is 104 Å². The number of hydrogen-bond acceptors (Lipinski definition) is 0. The Kier molecular flexibility index (Phi) is 5.29. The lowest BCUT2D eigenvalue weighted by Gasteiger charge is -2.05. The molecule has 0 aliphatic carbocycles. The molecule has 0 fully saturated rings. The van der Waals surface area contributed by atoms with Crippen molar-refractivity contribution in [1.82, 2.24) is 0 Å². The Morgan fingerprint density at radius 1 is 1.43 bits per heavy atom. The molecule has 1 aromatic rings. The molecule has 3 heteroatoms. The summed E-state index contributed by atoms with van der Waals surface area (Å²) in [5, 5.41) is 1.09. The van der Waals surface area contributed by atoms with Crippen LogP contribution in [0.25, 0.3) is 0 Å². The van der Waals surface area contributed by atoms with Gasteiger partial charge in [0.1, 0.15) is 0 Å². The number of halogens is 3. The largest absolute Gasteiger partial charge is 0.123 e. The second kappa shape index (κ2) is 5.99. The summed E-state index contributed by atoms with van der Waals surface area (Å²) in [5.74, 6) is 0. The highest BCUT2D eigenvalue weighted by Gasteiger charge is 2.02. The Hall–Kier alpha value is 0.280. The van der Waals surface area contributed by atoms with Crippen molar-refractivity contribution in [3.63, 3.8) is 0 Å². The van der Waals surface area contributed by atoms with Crippen molar-refractivity contribution in [3.05, 3.63) is 33.3 Å². The molecule has 0 heterocycles. The maximum absolute atomic E-state index is 6.08. The summed E-state index contributed by atoms with van der Waals surface area (Å²) in [6.07, 6.45) is 3.13. The van der Waals surface area contributed by atoms with Crippen molar-refractivity contribution in [2.24, 2.45) is 0 Å². The fourth-order valence-electron chi connectivity index (χ4n) is 1.30. The Morgan fingerprint density at radius 2 is 2.14 bits per heavy atom. The third kappa shape index (κ3) is 4.20. The van der Waals surface area contributed by atoms with Gasteiger partial charge in [0.2, 0.25) is 0 Å². The van der Waals surface area contributed by atoms with E-state index in [0.717, 1.165) is 28.8 Å². The van der Waals surface area contributed by atoms with Crippen LogP contribution in [-0.4, -0.2) is 5.38 Å². The van der Waals surface area contributed by atoms with Crippen LogP contribution in [0.4, 0.5) is 0 Å². The summed E-state index contributed by atoms with van der Waals surface area (Å²) in [5.41, 5.74) is 1.20. The first-order chi connectivity index (χ1) is 6.59. The third-order valence-electron chi connectivity index (χ3n) is 2.06. The first kappa shape index (κ1) is 12.4. The van der Waals surface area contributed by atoms with E-state index < -0.39 is 0 Å². The van der Waals surface area contributed by atoms with Gasteiger partial charge in [-0.15, -0.1) is 11.6 Å². The van der Waals surface area contributed by atoms with Crippen LogP contribution in [0.1, 0.15) is 25.3 Å². The Morgan fingerprint density at radius 3 is 2.71 bits per heavy atom. The van der Waals surface area contributed by atoms with Crippen molar-refractivity contribution >= 4 is 39.1 Å². The monoisotopic (exact) mass is 294 g/mol. The van der Waals surface area contributed by atoms with Gasteiger partial charge in [0, 0.05) is 14.9 Å². The van der Waals surface area contributed by atoms with Crippen LogP contribution in [0.3, 0.4) is 0 Å². The molecule has 1 rings (SSSR count). The SMILES string of the molecule is CC(Cl)CCCc1ccc(Br)cc1Cl. The van der Waals surface area contributed by atoms with Gasteiger partial charge >= 0.3 is 0 Å². The highest BCUT2D eigenvalue weighted by atomic mass is 79.9. The summed E-state index contributed by atoms with van der Waals surface area (Å²) in [7, 11) is 0. The number of hydrogen-bond donors (Lipinski definition) is 0. The third-order valence-corrected chi connectivity index (χ3v) is 3.13. The molecule has 0 radical (unpaired) electrons. The minimum Gasteiger partial charge on any atom is -0.123 e. The fourth-order valence-corrected chi connectivity index (χ4v) is 2.22. The maximum Gasteiger partial charge on any atom is 0.0449 e. The lowest BCUT2D eigenvalue weighted by molar-refractivity contribution is 0.724. The molecule has 1 aromatic carbocycles. The standard InChI is InChI=1S/C11H13BrCl2/c1-8(13)3-2-4-9-5-6-10(12)7-11(9)14/h5-8H,2-4H2,1H3. The smallest absolute Gasteiger partial charge is 0.0449 e. The minimum atomic E-state index is 0.254. The average Bonchev–Trinajstić information content (AvgIpc) is 2.08. The minimum absolute atomic E-state index is 0.254. The first-order valence-electron chi connectivity index (χ1n) is 4.67. The zero-order valence-corrected chi connectivity index (χ0v) is 11.2. The summed E-state index contributed by atoms with van der Waals surface area (Å²) in [6.45, 7) is 2.02. The van der Waals surface area contributed by atoms with Crippen LogP contribution in [0, 0.1) is 0 Å². The van der Waals surface area contributed by atoms with Crippen LogP contribution in [-0.2, 0) is 6.42 Å². The van der Waals surface area contributed by atoms with Gasteiger partial charge in [-0.05, 0) is 43.9 Å². The van der Waals surface area contributed by atoms with Gasteiger partial charge < -0.3 is 0 Å². The second-order valence-corrected chi connectivity index (χ2v) is 5.48. The van der Waals surface area contributed by atoms with Gasteiger partial charge in [-0.2, -0.15) is 0 Å². The molecule has 0 bridgehead atoms. The molecule has 0 aliphatic heterocycles. The van der Waals surface area contributed by atoms with Gasteiger partial charge in [-0.1, -0.05) is 33.6 Å². The second-order valence-electron chi connectivity index (χ2n) is 3.41. The summed E-state index contributed by atoms with van der Waals surface area (Å²) in [6, 6.07) is 6.01. The quantitative estimate of drug-likeness (QED) is 0.682. The molecule has 0 amide bonds. The number of benzene rings is 1. The Balaban J connectivity index is 2.51. The molecule has 78 valence electrons. The lowest BCUT2D eigenvalue weighted by Crippen LogP contribution is -1.93. The van der Waals surface area contributed by atoms with E-state index in [1.165, 1.54) is 5.56 Å². The van der Waals surface area contributed by atoms with E-state index in [4.69, 9.17) is 23.2 Å². The molecule has 0 nitrogen and oxygen atoms in total. The first-order valence-corrected chi connectivity index (χ1v) is 6.28. The van der Waals surface area contributed by atoms with E-state index in [2.05, 4.69) is 22.0 Å². The highest BCUT2D eigenvalue weighted by molar-refractivity contribution is 9.10. The van der Waals surface area contributed by atoms with E-state index >= 15 is 0 Å². The maximum atomic E-state index is 6.08. The lowest BCUT2D eigenvalue weighted by atomic mass is 10.1. The van der Waals surface area contributed by atoms with Crippen molar-refractivity contribution in [3.8, 4) is 0 Å². The van der Waals surface area contributed by atoms with E-state index in [-0.39, 0.29) is 5.38 Å². The highest BCUT2D eigenvalue weighted by Crippen LogP contribution is 2.23. The molecule has 0 aromatic heterocycles. The van der Waals surface area contributed by atoms with Crippen LogP contribution in [0.2, 0.25) is 5.02 Å². The van der Waals surface area contributed by atoms with E-state index in [1.54, 1.807) is 0 Å². The topological polar surface area (TPSA) is 0 Å².